The van der Waals surface area contributed by atoms with Crippen LogP contribution < -0.4 is 0 Å². The zero-order chi connectivity index (χ0) is 15.2. The van der Waals surface area contributed by atoms with Crippen LogP contribution in [0, 0.1) is 81.3 Å². The first-order valence-corrected chi connectivity index (χ1v) is 11.3. The first kappa shape index (κ1) is 12.2. The van der Waals surface area contributed by atoms with E-state index in [-0.39, 0.29) is 0 Å². The van der Waals surface area contributed by atoms with Gasteiger partial charge in [0.15, 0.2) is 0 Å². The molecule has 13 fully saturated rings. The molecule has 0 aromatic rings. The van der Waals surface area contributed by atoms with Crippen LogP contribution in [0.5, 0.6) is 0 Å². The van der Waals surface area contributed by atoms with Crippen LogP contribution in [0.15, 0.2) is 12.7 Å². The maximum atomic E-state index is 4.39. The molecule has 126 valence electrons. The van der Waals surface area contributed by atoms with E-state index in [4.69, 9.17) is 0 Å². The van der Waals surface area contributed by atoms with Crippen LogP contribution in [0.2, 0.25) is 0 Å². The second kappa shape index (κ2) is 3.01. The van der Waals surface area contributed by atoms with E-state index in [1.807, 2.05) is 0 Å². The van der Waals surface area contributed by atoms with Crippen molar-refractivity contribution in [1.82, 2.24) is 0 Å². The number of rotatable bonds is 1. The van der Waals surface area contributed by atoms with Crippen LogP contribution in [0.1, 0.15) is 51.4 Å². The van der Waals surface area contributed by atoms with Crippen molar-refractivity contribution in [3.63, 3.8) is 0 Å². The van der Waals surface area contributed by atoms with Gasteiger partial charge in [0.2, 0.25) is 0 Å². The van der Waals surface area contributed by atoms with E-state index in [2.05, 4.69) is 12.7 Å². The molecule has 8 unspecified atom stereocenters. The Morgan fingerprint density at radius 1 is 0.625 bits per heavy atom. The summed E-state index contributed by atoms with van der Waals surface area (Å²) in [6.07, 6.45) is 15.7. The second-order valence-corrected chi connectivity index (χ2v) is 12.7. The van der Waals surface area contributed by atoms with Crippen molar-refractivity contribution < 1.29 is 0 Å². The summed E-state index contributed by atoms with van der Waals surface area (Å²) >= 11 is 0. The highest BCUT2D eigenvalue weighted by molar-refractivity contribution is 5.36. The SMILES string of the molecule is C=CC12CC3C4CC56CC7CC8C9CC(C1)(C3C85)C(C4C2)C6C9C7. The molecule has 13 rings (SSSR count). The molecule has 0 nitrogen and oxygen atoms in total. The highest BCUT2D eigenvalue weighted by Gasteiger charge is 2.87. The van der Waals surface area contributed by atoms with Gasteiger partial charge in [-0.3, -0.25) is 0 Å². The van der Waals surface area contributed by atoms with Gasteiger partial charge in [-0.2, -0.15) is 0 Å². The maximum Gasteiger partial charge on any atom is -0.0110 e. The molecular weight excluding hydrogens is 288 g/mol. The van der Waals surface area contributed by atoms with Crippen LogP contribution in [0.4, 0.5) is 0 Å². The fraction of sp³-hybridized carbons (Fsp3) is 0.917. The Hall–Kier alpha value is -0.260. The van der Waals surface area contributed by atoms with Crippen molar-refractivity contribution in [3.05, 3.63) is 12.7 Å². The molecule has 0 heteroatoms. The molecular formula is C24H30. The van der Waals surface area contributed by atoms with Crippen LogP contribution in [0.3, 0.4) is 0 Å². The maximum absolute atomic E-state index is 4.39. The van der Waals surface area contributed by atoms with E-state index in [0.717, 1.165) is 22.7 Å². The van der Waals surface area contributed by atoms with Crippen LogP contribution in [-0.2, 0) is 0 Å². The largest absolute Gasteiger partial charge is 0.103 e. The number of hydrogen-bond acceptors (Lipinski definition) is 0. The van der Waals surface area contributed by atoms with E-state index >= 15 is 0 Å². The van der Waals surface area contributed by atoms with Gasteiger partial charge in [-0.15, -0.1) is 6.58 Å². The lowest BCUT2D eigenvalue weighted by atomic mass is 9.13. The summed E-state index contributed by atoms with van der Waals surface area (Å²) in [4.78, 5) is 0. The zero-order valence-electron chi connectivity index (χ0n) is 14.8. The van der Waals surface area contributed by atoms with Gasteiger partial charge in [0.05, 0.1) is 0 Å². The van der Waals surface area contributed by atoms with E-state index in [1.54, 1.807) is 51.4 Å². The lowest BCUT2D eigenvalue weighted by Gasteiger charge is -2.92. The van der Waals surface area contributed by atoms with E-state index in [0.29, 0.717) is 5.41 Å². The normalized spacial score (nSPS) is 81.9. The Morgan fingerprint density at radius 3 is 1.88 bits per heavy atom. The molecule has 0 saturated heterocycles. The first-order chi connectivity index (χ1) is 11.7. The molecule has 0 aromatic carbocycles. The molecule has 8 atom stereocenters. The van der Waals surface area contributed by atoms with Crippen molar-refractivity contribution in [2.24, 2.45) is 81.3 Å². The third-order valence-electron chi connectivity index (χ3n) is 13.0. The van der Waals surface area contributed by atoms with Crippen LogP contribution >= 0.6 is 0 Å². The molecule has 0 amide bonds. The summed E-state index contributed by atoms with van der Waals surface area (Å²) in [7, 11) is 0. The van der Waals surface area contributed by atoms with Crippen molar-refractivity contribution in [3.8, 4) is 0 Å². The van der Waals surface area contributed by atoms with Gasteiger partial charge >= 0.3 is 0 Å². The van der Waals surface area contributed by atoms with Gasteiger partial charge in [0.1, 0.15) is 0 Å². The minimum Gasteiger partial charge on any atom is -0.103 e. The summed E-state index contributed by atoms with van der Waals surface area (Å²) in [5, 5.41) is 0. The Kier molecular flexibility index (Phi) is 1.53. The van der Waals surface area contributed by atoms with Gasteiger partial charge in [-0.25, -0.2) is 0 Å². The lowest BCUT2D eigenvalue weighted by Crippen LogP contribution is -2.86. The summed E-state index contributed by atoms with van der Waals surface area (Å²) in [6, 6.07) is 0. The molecule has 13 saturated carbocycles. The quantitative estimate of drug-likeness (QED) is 0.586. The summed E-state index contributed by atoms with van der Waals surface area (Å²) in [5.74, 6) is 13.0. The Labute approximate surface area is 145 Å². The number of hydrogen-bond donors (Lipinski definition) is 0. The predicted octanol–water partition coefficient (Wildman–Crippen LogP) is 5.15. The van der Waals surface area contributed by atoms with E-state index < -0.39 is 0 Å². The Bertz CT molecular complexity index is 690. The molecule has 0 radical (unpaired) electrons. The van der Waals surface area contributed by atoms with Crippen molar-refractivity contribution in [1.29, 1.82) is 0 Å². The topological polar surface area (TPSA) is 0 Å². The van der Waals surface area contributed by atoms with Gasteiger partial charge in [0.25, 0.3) is 0 Å². The summed E-state index contributed by atoms with van der Waals surface area (Å²) in [5.41, 5.74) is 2.32. The average molecular weight is 319 g/mol. The predicted molar refractivity (Wildman–Crippen MR) is 92.8 cm³/mol. The first-order valence-electron chi connectivity index (χ1n) is 11.3. The molecule has 0 N–H and O–H groups in total. The summed E-state index contributed by atoms with van der Waals surface area (Å²) in [6.45, 7) is 4.39. The van der Waals surface area contributed by atoms with Gasteiger partial charge in [-0.1, -0.05) is 6.08 Å². The lowest BCUT2D eigenvalue weighted by molar-refractivity contribution is -0.437. The highest BCUT2D eigenvalue weighted by atomic mass is 14.9. The fourth-order valence-electron chi connectivity index (χ4n) is 13.9. The third kappa shape index (κ3) is 0.836. The smallest absolute Gasteiger partial charge is 0.0110 e. The molecule has 0 aromatic heterocycles. The minimum atomic E-state index is 0.590. The Balaban J connectivity index is 1.39. The molecule has 24 heavy (non-hydrogen) atoms. The zero-order valence-corrected chi connectivity index (χ0v) is 14.8. The van der Waals surface area contributed by atoms with Crippen molar-refractivity contribution in [2.75, 3.05) is 0 Å². The second-order valence-electron chi connectivity index (χ2n) is 12.7. The fourth-order valence-corrected chi connectivity index (χ4v) is 13.9. The molecule has 0 heterocycles. The van der Waals surface area contributed by atoms with Crippen LogP contribution in [-0.4, -0.2) is 0 Å². The number of allylic oxidation sites excluding steroid dienone is 1. The van der Waals surface area contributed by atoms with E-state index in [1.165, 1.54) is 53.3 Å². The molecule has 2 spiro atoms. The average Bonchev–Trinajstić information content (AvgIpc) is 2.59. The Morgan fingerprint density at radius 2 is 1.21 bits per heavy atom. The highest BCUT2D eigenvalue weighted by Crippen LogP contribution is 2.93. The summed E-state index contributed by atoms with van der Waals surface area (Å²) < 4.78 is 0. The van der Waals surface area contributed by atoms with Gasteiger partial charge in [0, 0.05) is 0 Å². The molecule has 0 aliphatic heterocycles. The van der Waals surface area contributed by atoms with Gasteiger partial charge in [-0.05, 0) is 133 Å². The van der Waals surface area contributed by atoms with Gasteiger partial charge < -0.3 is 0 Å². The third-order valence-corrected chi connectivity index (χ3v) is 13.0. The van der Waals surface area contributed by atoms with Crippen LogP contribution in [0.25, 0.3) is 0 Å². The molecule has 14 bridgehead atoms. The van der Waals surface area contributed by atoms with Crippen molar-refractivity contribution in [2.45, 2.75) is 51.4 Å². The standard InChI is InChI=1S/C24H30/c1-2-22-6-16-15-8-23-5-11-3-12-14-9-24(10-22,20(16)18(12)23)21(17(15)7-22)19(23)13(14)4-11/h2,11-21H,1,3-10H2. The van der Waals surface area contributed by atoms with Crippen molar-refractivity contribution >= 4 is 0 Å². The monoisotopic (exact) mass is 318 g/mol. The minimum absolute atomic E-state index is 0.590. The van der Waals surface area contributed by atoms with E-state index in [9.17, 15) is 0 Å². The molecule has 13 aliphatic carbocycles. The molecule has 13 aliphatic rings.